The quantitative estimate of drug-likeness (QED) is 0.362. The second-order valence-electron chi connectivity index (χ2n) is 8.25. The van der Waals surface area contributed by atoms with Crippen LogP contribution in [0.2, 0.25) is 0 Å². The van der Waals surface area contributed by atoms with Crippen LogP contribution in [-0.4, -0.2) is 51.4 Å². The fourth-order valence-electron chi connectivity index (χ4n) is 3.75. The summed E-state index contributed by atoms with van der Waals surface area (Å²) in [6.07, 6.45) is 0. The molecule has 0 aromatic heterocycles. The minimum atomic E-state index is -4.12. The van der Waals surface area contributed by atoms with Crippen LogP contribution in [-0.2, 0) is 26.2 Å². The maximum Gasteiger partial charge on any atom is 0.264 e. The van der Waals surface area contributed by atoms with Crippen molar-refractivity contribution in [2.75, 3.05) is 24.5 Å². The first-order chi connectivity index (χ1) is 17.7. The number of ether oxygens (including phenoxy) is 1. The van der Waals surface area contributed by atoms with Crippen molar-refractivity contribution in [3.8, 4) is 5.75 Å². The number of sulfonamides is 1. The molecule has 0 bridgehead atoms. The molecule has 8 nitrogen and oxygen atoms in total. The Balaban J connectivity index is 2.04. The summed E-state index contributed by atoms with van der Waals surface area (Å²) in [6, 6.07) is 21.0. The zero-order valence-corrected chi connectivity index (χ0v) is 23.3. The molecule has 0 aliphatic heterocycles. The van der Waals surface area contributed by atoms with Gasteiger partial charge in [-0.25, -0.2) is 8.42 Å². The monoisotopic (exact) mass is 587 g/mol. The van der Waals surface area contributed by atoms with E-state index in [4.69, 9.17) is 4.74 Å². The van der Waals surface area contributed by atoms with Crippen LogP contribution in [0.1, 0.15) is 19.4 Å². The molecule has 0 aliphatic rings. The van der Waals surface area contributed by atoms with E-state index < -0.39 is 28.5 Å². The van der Waals surface area contributed by atoms with E-state index in [0.717, 1.165) is 14.3 Å². The molecule has 3 aromatic carbocycles. The van der Waals surface area contributed by atoms with E-state index in [9.17, 15) is 18.0 Å². The molecule has 0 saturated carbocycles. The van der Waals surface area contributed by atoms with Gasteiger partial charge in [-0.3, -0.25) is 13.9 Å². The highest BCUT2D eigenvalue weighted by molar-refractivity contribution is 9.10. The molecule has 1 N–H and O–H groups in total. The van der Waals surface area contributed by atoms with Gasteiger partial charge in [0.05, 0.1) is 17.7 Å². The Morgan fingerprint density at radius 1 is 1.00 bits per heavy atom. The van der Waals surface area contributed by atoms with Gasteiger partial charge in [-0.05, 0) is 55.8 Å². The number of halogens is 1. The lowest BCUT2D eigenvalue weighted by Crippen LogP contribution is -2.51. The Kier molecular flexibility index (Phi) is 9.71. The van der Waals surface area contributed by atoms with Crippen LogP contribution in [0.25, 0.3) is 0 Å². The average molecular weight is 589 g/mol. The average Bonchev–Trinajstić information content (AvgIpc) is 2.90. The molecule has 37 heavy (non-hydrogen) atoms. The molecule has 3 aromatic rings. The van der Waals surface area contributed by atoms with Crippen molar-refractivity contribution in [3.63, 3.8) is 0 Å². The lowest BCUT2D eigenvalue weighted by molar-refractivity contribution is -0.139. The molecule has 0 saturated heterocycles. The molecule has 0 fully saturated rings. The van der Waals surface area contributed by atoms with Gasteiger partial charge in [0.25, 0.3) is 10.0 Å². The molecule has 0 spiro atoms. The number of anilines is 1. The molecular weight excluding hydrogens is 558 g/mol. The summed E-state index contributed by atoms with van der Waals surface area (Å²) in [4.78, 5) is 28.0. The van der Waals surface area contributed by atoms with Crippen molar-refractivity contribution in [1.29, 1.82) is 0 Å². The molecule has 196 valence electrons. The number of amides is 2. The molecule has 0 heterocycles. The highest BCUT2D eigenvalue weighted by Gasteiger charge is 2.32. The normalized spacial score (nSPS) is 11.9. The summed E-state index contributed by atoms with van der Waals surface area (Å²) in [5.74, 6) is -0.411. The number of rotatable bonds is 11. The predicted octanol–water partition coefficient (Wildman–Crippen LogP) is 4.21. The first-order valence-electron chi connectivity index (χ1n) is 11.7. The molecule has 1 atom stereocenters. The van der Waals surface area contributed by atoms with Gasteiger partial charge < -0.3 is 15.0 Å². The van der Waals surface area contributed by atoms with Gasteiger partial charge in [0.2, 0.25) is 11.8 Å². The number of methoxy groups -OCH3 is 1. The van der Waals surface area contributed by atoms with Gasteiger partial charge in [0.1, 0.15) is 18.3 Å². The third kappa shape index (κ3) is 7.11. The molecule has 0 aliphatic carbocycles. The second kappa shape index (κ2) is 12.7. The van der Waals surface area contributed by atoms with Crippen LogP contribution in [0.4, 0.5) is 5.69 Å². The Bertz CT molecular complexity index is 1330. The largest absolute Gasteiger partial charge is 0.497 e. The zero-order chi connectivity index (χ0) is 27.0. The number of hydrogen-bond donors (Lipinski definition) is 1. The van der Waals surface area contributed by atoms with E-state index in [1.54, 1.807) is 56.3 Å². The molecule has 2 amide bonds. The maximum absolute atomic E-state index is 13.8. The molecule has 10 heteroatoms. The first-order valence-corrected chi connectivity index (χ1v) is 13.9. The van der Waals surface area contributed by atoms with Crippen LogP contribution in [0, 0.1) is 0 Å². The topological polar surface area (TPSA) is 96.0 Å². The number of hydrogen-bond acceptors (Lipinski definition) is 5. The SMILES string of the molecule is CCNC(=O)C(C)N(Cc1cccc(Br)c1)C(=O)CN(c1cccc(OC)c1)S(=O)(=O)c1ccccc1. The molecule has 3 rings (SSSR count). The van der Waals surface area contributed by atoms with Crippen molar-refractivity contribution in [2.45, 2.75) is 31.3 Å². The number of nitrogens with one attached hydrogen (secondary N) is 1. The summed E-state index contributed by atoms with van der Waals surface area (Å²) < 4.78 is 34.6. The van der Waals surface area contributed by atoms with Crippen LogP contribution in [0.3, 0.4) is 0 Å². The van der Waals surface area contributed by atoms with Gasteiger partial charge in [-0.15, -0.1) is 0 Å². The van der Waals surface area contributed by atoms with E-state index in [1.807, 2.05) is 24.3 Å². The van der Waals surface area contributed by atoms with Crippen molar-refractivity contribution in [1.82, 2.24) is 10.2 Å². The number of nitrogens with zero attached hydrogens (tertiary/aromatic N) is 2. The molecule has 1 unspecified atom stereocenters. The van der Waals surface area contributed by atoms with Crippen LogP contribution >= 0.6 is 15.9 Å². The Morgan fingerprint density at radius 2 is 1.70 bits per heavy atom. The predicted molar refractivity (Wildman–Crippen MR) is 147 cm³/mol. The van der Waals surface area contributed by atoms with Gasteiger partial charge >= 0.3 is 0 Å². The molecular formula is C27H30BrN3O5S. The minimum Gasteiger partial charge on any atom is -0.497 e. The van der Waals surface area contributed by atoms with Gasteiger partial charge in [-0.1, -0.05) is 52.3 Å². The lowest BCUT2D eigenvalue weighted by atomic mass is 10.1. The molecule has 0 radical (unpaired) electrons. The van der Waals surface area contributed by atoms with E-state index in [1.165, 1.54) is 24.1 Å². The van der Waals surface area contributed by atoms with Crippen LogP contribution < -0.4 is 14.4 Å². The lowest BCUT2D eigenvalue weighted by Gasteiger charge is -2.32. The van der Waals surface area contributed by atoms with Gasteiger partial charge in [0, 0.05) is 23.6 Å². The minimum absolute atomic E-state index is 0.0425. The zero-order valence-electron chi connectivity index (χ0n) is 20.9. The number of benzene rings is 3. The van der Waals surface area contributed by atoms with E-state index >= 15 is 0 Å². The van der Waals surface area contributed by atoms with Crippen molar-refractivity contribution < 1.29 is 22.7 Å². The summed E-state index contributed by atoms with van der Waals surface area (Å²) in [5.41, 5.74) is 1.06. The van der Waals surface area contributed by atoms with Crippen LogP contribution in [0.15, 0.2) is 88.2 Å². The standard InChI is InChI=1S/C27H30BrN3O5S/c1-4-29-27(33)20(2)30(18-21-10-8-11-22(28)16-21)26(32)19-31(23-12-9-13-24(17-23)36-3)37(34,35)25-14-6-5-7-15-25/h5-17,20H,4,18-19H2,1-3H3,(H,29,33). The highest BCUT2D eigenvalue weighted by atomic mass is 79.9. The fraction of sp³-hybridized carbons (Fsp3) is 0.259. The Morgan fingerprint density at radius 3 is 2.35 bits per heavy atom. The van der Waals surface area contributed by atoms with Gasteiger partial charge in [0.15, 0.2) is 0 Å². The van der Waals surface area contributed by atoms with Crippen molar-refractivity contribution in [2.24, 2.45) is 0 Å². The van der Waals surface area contributed by atoms with Crippen molar-refractivity contribution in [3.05, 3.63) is 88.9 Å². The third-order valence-electron chi connectivity index (χ3n) is 5.71. The highest BCUT2D eigenvalue weighted by Crippen LogP contribution is 2.27. The summed E-state index contributed by atoms with van der Waals surface area (Å²) in [6.45, 7) is 3.43. The smallest absolute Gasteiger partial charge is 0.264 e. The van der Waals surface area contributed by atoms with E-state index in [-0.39, 0.29) is 23.0 Å². The number of carbonyl (C=O) groups excluding carboxylic acids is 2. The second-order valence-corrected chi connectivity index (χ2v) is 11.0. The third-order valence-corrected chi connectivity index (χ3v) is 7.99. The van der Waals surface area contributed by atoms with Gasteiger partial charge in [-0.2, -0.15) is 0 Å². The maximum atomic E-state index is 13.8. The van der Waals surface area contributed by atoms with Crippen molar-refractivity contribution >= 4 is 43.5 Å². The summed E-state index contributed by atoms with van der Waals surface area (Å²) in [5, 5.41) is 2.74. The summed E-state index contributed by atoms with van der Waals surface area (Å²) >= 11 is 3.43. The number of likely N-dealkylation sites (N-methyl/N-ethyl adjacent to an activating group) is 1. The van der Waals surface area contributed by atoms with E-state index in [2.05, 4.69) is 21.2 Å². The Labute approximate surface area is 226 Å². The fourth-order valence-corrected chi connectivity index (χ4v) is 5.62. The van der Waals surface area contributed by atoms with Crippen LogP contribution in [0.5, 0.6) is 5.75 Å². The Hall–Kier alpha value is -3.37. The number of carbonyl (C=O) groups is 2. The first kappa shape index (κ1) is 28.2. The van der Waals surface area contributed by atoms with E-state index in [0.29, 0.717) is 12.3 Å². The summed E-state index contributed by atoms with van der Waals surface area (Å²) in [7, 11) is -2.64.